The molecule has 5 heteroatoms. The molecule has 0 aromatic rings. The fourth-order valence-corrected chi connectivity index (χ4v) is 7.88. The number of allylic oxidation sites excluding steroid dienone is 4. The van der Waals surface area contributed by atoms with E-state index in [1.807, 2.05) is 13.0 Å². The van der Waals surface area contributed by atoms with Crippen LogP contribution in [0.15, 0.2) is 23.8 Å². The summed E-state index contributed by atoms with van der Waals surface area (Å²) in [5.41, 5.74) is 1.17. The zero-order chi connectivity index (χ0) is 23.3. The maximum atomic E-state index is 13.3. The van der Waals surface area contributed by atoms with Crippen molar-refractivity contribution in [3.63, 3.8) is 0 Å². The van der Waals surface area contributed by atoms with Crippen LogP contribution in [0, 0.1) is 40.4 Å². The molecular formula is C27H38O5. The molecule has 0 aromatic carbocycles. The highest BCUT2D eigenvalue weighted by atomic mass is 16.5. The topological polar surface area (TPSA) is 80.7 Å². The van der Waals surface area contributed by atoms with Crippen molar-refractivity contribution < 1.29 is 24.2 Å². The van der Waals surface area contributed by atoms with E-state index in [0.29, 0.717) is 24.2 Å². The summed E-state index contributed by atoms with van der Waals surface area (Å²) in [6.07, 6.45) is 10.6. The van der Waals surface area contributed by atoms with Crippen LogP contribution in [-0.4, -0.2) is 35.4 Å². The molecule has 8 atom stereocenters. The summed E-state index contributed by atoms with van der Waals surface area (Å²) < 4.78 is 5.27. The number of ketones is 2. The van der Waals surface area contributed by atoms with Crippen LogP contribution < -0.4 is 0 Å². The third-order valence-electron chi connectivity index (χ3n) is 9.50. The van der Waals surface area contributed by atoms with E-state index in [1.165, 1.54) is 5.57 Å². The summed E-state index contributed by atoms with van der Waals surface area (Å²) in [5.74, 6) is 1.36. The van der Waals surface area contributed by atoms with Gasteiger partial charge in [-0.1, -0.05) is 39.3 Å². The zero-order valence-electron chi connectivity index (χ0n) is 19.9. The lowest BCUT2D eigenvalue weighted by molar-refractivity contribution is -0.153. The van der Waals surface area contributed by atoms with E-state index in [1.54, 1.807) is 6.08 Å². The molecule has 4 aliphatic rings. The van der Waals surface area contributed by atoms with E-state index in [4.69, 9.17) is 4.74 Å². The van der Waals surface area contributed by atoms with Crippen LogP contribution >= 0.6 is 0 Å². The first-order valence-electron chi connectivity index (χ1n) is 12.4. The minimum atomic E-state index is -0.712. The fraction of sp³-hybridized carbons (Fsp3) is 0.741. The van der Waals surface area contributed by atoms with Gasteiger partial charge in [0.25, 0.3) is 0 Å². The van der Waals surface area contributed by atoms with Gasteiger partial charge < -0.3 is 9.84 Å². The molecule has 0 aromatic heterocycles. The van der Waals surface area contributed by atoms with Gasteiger partial charge in [-0.25, -0.2) is 0 Å². The van der Waals surface area contributed by atoms with E-state index in [9.17, 15) is 19.5 Å². The number of hydrogen-bond donors (Lipinski definition) is 1. The fourth-order valence-electron chi connectivity index (χ4n) is 7.88. The lowest BCUT2D eigenvalue weighted by Gasteiger charge is -2.56. The molecule has 3 fully saturated rings. The van der Waals surface area contributed by atoms with E-state index < -0.39 is 12.1 Å². The number of carbonyl (C=O) groups is 3. The number of fused-ring (bicyclic) bond motifs is 5. The molecule has 0 heterocycles. The molecule has 0 spiro atoms. The number of aliphatic hydroxyl groups excluding tert-OH is 1. The molecule has 0 radical (unpaired) electrons. The van der Waals surface area contributed by atoms with Gasteiger partial charge in [-0.15, -0.1) is 0 Å². The number of Topliss-reactive ketones (excluding diaryl/α,β-unsaturated/α-hetero) is 1. The summed E-state index contributed by atoms with van der Waals surface area (Å²) >= 11 is 0. The van der Waals surface area contributed by atoms with Gasteiger partial charge in [-0.05, 0) is 79.8 Å². The first-order valence-corrected chi connectivity index (χ1v) is 12.4. The number of rotatable bonds is 6. The van der Waals surface area contributed by atoms with Crippen molar-refractivity contribution in [2.24, 2.45) is 40.4 Å². The predicted octanol–water partition coefficient (Wildman–Crippen LogP) is 4.43. The Hall–Kier alpha value is -1.75. The Morgan fingerprint density at radius 2 is 2.00 bits per heavy atom. The van der Waals surface area contributed by atoms with Gasteiger partial charge in [-0.3, -0.25) is 14.4 Å². The Morgan fingerprint density at radius 3 is 2.72 bits per heavy atom. The quantitative estimate of drug-likeness (QED) is 0.616. The molecule has 4 aliphatic carbocycles. The molecule has 0 amide bonds. The Balaban J connectivity index is 1.49. The van der Waals surface area contributed by atoms with Crippen molar-refractivity contribution in [2.75, 3.05) is 6.61 Å². The van der Waals surface area contributed by atoms with Gasteiger partial charge in [0.05, 0.1) is 12.5 Å². The minimum absolute atomic E-state index is 0.0334. The van der Waals surface area contributed by atoms with Crippen molar-refractivity contribution in [1.82, 2.24) is 0 Å². The second-order valence-electron chi connectivity index (χ2n) is 11.2. The molecular weight excluding hydrogens is 404 g/mol. The van der Waals surface area contributed by atoms with Crippen molar-refractivity contribution in [3.8, 4) is 0 Å². The van der Waals surface area contributed by atoms with E-state index >= 15 is 0 Å². The van der Waals surface area contributed by atoms with Gasteiger partial charge in [0.15, 0.2) is 11.6 Å². The lowest BCUT2D eigenvalue weighted by atomic mass is 9.47. The summed E-state index contributed by atoms with van der Waals surface area (Å²) in [4.78, 5) is 37.2. The Labute approximate surface area is 191 Å². The summed E-state index contributed by atoms with van der Waals surface area (Å²) in [6.45, 7) is 8.39. The average Bonchev–Trinajstić information content (AvgIpc) is 3.02. The number of esters is 1. The summed E-state index contributed by atoms with van der Waals surface area (Å²) in [7, 11) is 0. The highest BCUT2D eigenvalue weighted by Crippen LogP contribution is 2.67. The molecule has 32 heavy (non-hydrogen) atoms. The Kier molecular flexibility index (Phi) is 6.26. The van der Waals surface area contributed by atoms with E-state index in [2.05, 4.69) is 26.8 Å². The zero-order valence-corrected chi connectivity index (χ0v) is 19.9. The maximum Gasteiger partial charge on any atom is 0.308 e. The molecule has 1 N–H and O–H groups in total. The Bertz CT molecular complexity index is 856. The van der Waals surface area contributed by atoms with E-state index in [0.717, 1.165) is 32.1 Å². The SMILES string of the molecule is CCC(O)CC(=O)OCC(=O)[C@H]1[C@H](C)C[C@H]2[C@@H]3CCC4=CC(=O)C=C[C@]4(C)[C@H]3CC[C@@]21C. The Morgan fingerprint density at radius 1 is 1.25 bits per heavy atom. The molecule has 0 saturated heterocycles. The van der Waals surface area contributed by atoms with Crippen molar-refractivity contribution in [1.29, 1.82) is 0 Å². The second-order valence-corrected chi connectivity index (χ2v) is 11.2. The largest absolute Gasteiger partial charge is 0.458 e. The molecule has 3 saturated carbocycles. The van der Waals surface area contributed by atoms with Crippen LogP contribution in [0.2, 0.25) is 0 Å². The lowest BCUT2D eigenvalue weighted by Crippen LogP contribution is -2.50. The van der Waals surface area contributed by atoms with Crippen molar-refractivity contribution in [3.05, 3.63) is 23.8 Å². The van der Waals surface area contributed by atoms with Crippen LogP contribution in [0.1, 0.15) is 72.6 Å². The standard InChI is InChI=1S/C27H38O5/c1-5-18(28)14-24(31)32-15-23(30)25-16(2)12-22-20-7-6-17-13-19(29)8-10-26(17,3)21(20)9-11-27(22,25)4/h8,10,13,16,18,20-22,25,28H,5-7,9,11-12,14-15H2,1-4H3/t16-,18?,20-,21+,22+,25-,26+,27+/m1/s1. The highest BCUT2D eigenvalue weighted by molar-refractivity contribution is 6.01. The number of carbonyl (C=O) groups excluding carboxylic acids is 3. The van der Waals surface area contributed by atoms with Gasteiger partial charge in [-0.2, -0.15) is 0 Å². The molecule has 1 unspecified atom stereocenters. The molecule has 4 rings (SSSR count). The third-order valence-corrected chi connectivity index (χ3v) is 9.50. The van der Waals surface area contributed by atoms with Crippen LogP contribution in [0.5, 0.6) is 0 Å². The number of ether oxygens (including phenoxy) is 1. The molecule has 5 nitrogen and oxygen atoms in total. The van der Waals surface area contributed by atoms with Crippen LogP contribution in [0.25, 0.3) is 0 Å². The van der Waals surface area contributed by atoms with Crippen LogP contribution in [-0.2, 0) is 19.1 Å². The monoisotopic (exact) mass is 442 g/mol. The minimum Gasteiger partial charge on any atom is -0.458 e. The maximum absolute atomic E-state index is 13.3. The molecule has 176 valence electrons. The molecule has 0 bridgehead atoms. The molecule has 0 aliphatic heterocycles. The first kappa shape index (κ1) is 23.4. The first-order chi connectivity index (χ1) is 15.1. The van der Waals surface area contributed by atoms with Gasteiger partial charge in [0.2, 0.25) is 0 Å². The van der Waals surface area contributed by atoms with Crippen molar-refractivity contribution in [2.45, 2.75) is 78.7 Å². The second kappa shape index (κ2) is 8.55. The van der Waals surface area contributed by atoms with Crippen molar-refractivity contribution >= 4 is 17.5 Å². The van der Waals surface area contributed by atoms with Gasteiger partial charge in [0.1, 0.15) is 6.61 Å². The third kappa shape index (κ3) is 3.81. The average molecular weight is 443 g/mol. The number of aliphatic hydroxyl groups is 1. The van der Waals surface area contributed by atoms with E-state index in [-0.39, 0.29) is 47.3 Å². The van der Waals surface area contributed by atoms with Gasteiger partial charge in [0, 0.05) is 11.3 Å². The summed E-state index contributed by atoms with van der Waals surface area (Å²) in [6, 6.07) is 0. The normalized spacial score (nSPS) is 41.2. The predicted molar refractivity (Wildman–Crippen MR) is 122 cm³/mol. The smallest absolute Gasteiger partial charge is 0.308 e. The van der Waals surface area contributed by atoms with Gasteiger partial charge >= 0.3 is 5.97 Å². The van der Waals surface area contributed by atoms with Crippen LogP contribution in [0.4, 0.5) is 0 Å². The highest BCUT2D eigenvalue weighted by Gasteiger charge is 2.61. The van der Waals surface area contributed by atoms with Crippen LogP contribution in [0.3, 0.4) is 0 Å². The number of hydrogen-bond acceptors (Lipinski definition) is 5. The summed E-state index contributed by atoms with van der Waals surface area (Å²) in [5, 5.41) is 9.66.